The molecule has 0 aliphatic carbocycles. The number of carbonyl (C=O) groups excluding carboxylic acids is 1. The van der Waals surface area contributed by atoms with Gasteiger partial charge in [0.2, 0.25) is 0 Å². The molecule has 0 saturated carbocycles. The van der Waals surface area contributed by atoms with Crippen molar-refractivity contribution in [2.75, 3.05) is 6.54 Å². The first-order chi connectivity index (χ1) is 11.1. The predicted octanol–water partition coefficient (Wildman–Crippen LogP) is 2.93. The molecular weight excluding hydrogens is 310 g/mol. The smallest absolute Gasteiger partial charge is 0.315 e. The first-order valence-electron chi connectivity index (χ1n) is 7.49. The lowest BCUT2D eigenvalue weighted by molar-refractivity contribution is 0.239. The third-order valence-electron chi connectivity index (χ3n) is 3.62. The number of imidazole rings is 1. The fourth-order valence-corrected chi connectivity index (χ4v) is 3.05. The van der Waals surface area contributed by atoms with Gasteiger partial charge in [-0.3, -0.25) is 0 Å². The fourth-order valence-electron chi connectivity index (χ4n) is 2.35. The number of nitrogens with zero attached hydrogens (tertiary/aromatic N) is 2. The molecule has 0 unspecified atom stereocenters. The van der Waals surface area contributed by atoms with Crippen LogP contribution in [0.2, 0.25) is 0 Å². The van der Waals surface area contributed by atoms with Crippen molar-refractivity contribution in [1.29, 1.82) is 0 Å². The standard InChI is InChI=1S/C16H19N5OS/c1-10-4-3-5-12-14(10)21-13(20-12)9-19-16(22)18-8-11(2)15-17-6-7-23-15/h3-7,11H,8-9H2,1-2H3,(H,20,21)(H2,18,19,22)/t11-/m1/s1. The lowest BCUT2D eigenvalue weighted by Crippen LogP contribution is -2.37. The van der Waals surface area contributed by atoms with Gasteiger partial charge in [-0.25, -0.2) is 14.8 Å². The van der Waals surface area contributed by atoms with Crippen molar-refractivity contribution in [3.8, 4) is 0 Å². The molecule has 0 bridgehead atoms. The monoisotopic (exact) mass is 329 g/mol. The molecule has 3 aromatic rings. The number of urea groups is 1. The number of hydrogen-bond acceptors (Lipinski definition) is 4. The van der Waals surface area contributed by atoms with Crippen molar-refractivity contribution < 1.29 is 4.79 Å². The molecule has 3 rings (SSSR count). The van der Waals surface area contributed by atoms with E-state index in [-0.39, 0.29) is 11.9 Å². The lowest BCUT2D eigenvalue weighted by Gasteiger charge is -2.10. The molecule has 120 valence electrons. The number of amides is 2. The van der Waals surface area contributed by atoms with E-state index in [0.29, 0.717) is 13.1 Å². The highest BCUT2D eigenvalue weighted by Gasteiger charge is 2.10. The van der Waals surface area contributed by atoms with Gasteiger partial charge in [-0.15, -0.1) is 11.3 Å². The van der Waals surface area contributed by atoms with E-state index in [1.807, 2.05) is 37.4 Å². The number of para-hydroxylation sites is 1. The van der Waals surface area contributed by atoms with Gasteiger partial charge in [-0.1, -0.05) is 19.1 Å². The minimum Gasteiger partial charge on any atom is -0.340 e. The fraction of sp³-hybridized carbons (Fsp3) is 0.312. The SMILES string of the molecule is Cc1cccc2[nH]c(CNC(=O)NC[C@@H](C)c3nccs3)nc12. The molecule has 2 aromatic heterocycles. The highest BCUT2D eigenvalue weighted by Crippen LogP contribution is 2.16. The van der Waals surface area contributed by atoms with E-state index >= 15 is 0 Å². The number of aryl methyl sites for hydroxylation is 1. The Morgan fingerprint density at radius 3 is 3.00 bits per heavy atom. The predicted molar refractivity (Wildman–Crippen MR) is 91.6 cm³/mol. The maximum Gasteiger partial charge on any atom is 0.315 e. The zero-order chi connectivity index (χ0) is 16.2. The van der Waals surface area contributed by atoms with Crippen LogP contribution in [0.4, 0.5) is 4.79 Å². The van der Waals surface area contributed by atoms with E-state index in [2.05, 4.69) is 25.6 Å². The average molecular weight is 329 g/mol. The molecule has 0 fully saturated rings. The van der Waals surface area contributed by atoms with Crippen molar-refractivity contribution >= 4 is 28.4 Å². The van der Waals surface area contributed by atoms with Gasteiger partial charge in [0.1, 0.15) is 5.82 Å². The molecule has 1 aromatic carbocycles. The number of hydrogen-bond donors (Lipinski definition) is 3. The molecule has 0 spiro atoms. The van der Waals surface area contributed by atoms with Crippen molar-refractivity contribution in [1.82, 2.24) is 25.6 Å². The molecule has 3 N–H and O–H groups in total. The third kappa shape index (κ3) is 3.68. The number of nitrogens with one attached hydrogen (secondary N) is 3. The Morgan fingerprint density at radius 2 is 2.26 bits per heavy atom. The van der Waals surface area contributed by atoms with E-state index in [9.17, 15) is 4.79 Å². The summed E-state index contributed by atoms with van der Waals surface area (Å²) in [6, 6.07) is 5.78. The van der Waals surface area contributed by atoms with E-state index in [4.69, 9.17) is 0 Å². The van der Waals surface area contributed by atoms with Crippen LogP contribution in [0.25, 0.3) is 11.0 Å². The van der Waals surface area contributed by atoms with Crippen molar-refractivity contribution in [3.63, 3.8) is 0 Å². The number of aromatic nitrogens is 3. The number of benzene rings is 1. The number of H-pyrrole nitrogens is 1. The molecule has 2 amide bonds. The second-order valence-electron chi connectivity index (χ2n) is 5.49. The molecule has 0 aliphatic heterocycles. The van der Waals surface area contributed by atoms with Crippen LogP contribution in [0.5, 0.6) is 0 Å². The van der Waals surface area contributed by atoms with Crippen LogP contribution < -0.4 is 10.6 Å². The van der Waals surface area contributed by atoms with E-state index in [0.717, 1.165) is 27.4 Å². The van der Waals surface area contributed by atoms with Gasteiger partial charge < -0.3 is 15.6 Å². The normalized spacial score (nSPS) is 12.3. The Kier molecular flexibility index (Phi) is 4.57. The minimum absolute atomic E-state index is 0.203. The van der Waals surface area contributed by atoms with Gasteiger partial charge in [-0.05, 0) is 18.6 Å². The Labute approximate surface area is 138 Å². The molecule has 2 heterocycles. The number of aromatic amines is 1. The van der Waals surface area contributed by atoms with Crippen LogP contribution >= 0.6 is 11.3 Å². The summed E-state index contributed by atoms with van der Waals surface area (Å²) >= 11 is 1.60. The molecule has 23 heavy (non-hydrogen) atoms. The second kappa shape index (κ2) is 6.78. The summed E-state index contributed by atoms with van der Waals surface area (Å²) < 4.78 is 0. The third-order valence-corrected chi connectivity index (χ3v) is 4.63. The number of thiazole rings is 1. The molecule has 0 radical (unpaired) electrons. The molecule has 1 atom stereocenters. The van der Waals surface area contributed by atoms with Crippen molar-refractivity contribution in [3.05, 3.63) is 46.2 Å². The highest BCUT2D eigenvalue weighted by molar-refractivity contribution is 7.09. The molecule has 0 saturated heterocycles. The minimum atomic E-state index is -0.203. The average Bonchev–Trinajstić information content (AvgIpc) is 3.20. The molecular formula is C16H19N5OS. The molecule has 6 nitrogen and oxygen atoms in total. The van der Waals surface area contributed by atoms with E-state index in [1.54, 1.807) is 17.5 Å². The molecule has 0 aliphatic rings. The second-order valence-corrected chi connectivity index (χ2v) is 6.42. The number of carbonyl (C=O) groups is 1. The van der Waals surface area contributed by atoms with Gasteiger partial charge in [0.25, 0.3) is 0 Å². The summed E-state index contributed by atoms with van der Waals surface area (Å²) in [6.07, 6.45) is 1.78. The Bertz CT molecular complexity index is 796. The van der Waals surface area contributed by atoms with Crippen LogP contribution in [-0.2, 0) is 6.54 Å². The maximum atomic E-state index is 11.9. The van der Waals surface area contributed by atoms with Gasteiger partial charge in [0.05, 0.1) is 22.6 Å². The van der Waals surface area contributed by atoms with Crippen LogP contribution in [-0.4, -0.2) is 27.5 Å². The zero-order valence-corrected chi connectivity index (χ0v) is 13.9. The Hall–Kier alpha value is -2.41. The van der Waals surface area contributed by atoms with Gasteiger partial charge in [0, 0.05) is 24.0 Å². The topological polar surface area (TPSA) is 82.7 Å². The van der Waals surface area contributed by atoms with Crippen LogP contribution in [0.1, 0.15) is 29.2 Å². The number of fused-ring (bicyclic) bond motifs is 1. The van der Waals surface area contributed by atoms with Gasteiger partial charge >= 0.3 is 6.03 Å². The van der Waals surface area contributed by atoms with Crippen molar-refractivity contribution in [2.45, 2.75) is 26.3 Å². The van der Waals surface area contributed by atoms with Gasteiger partial charge in [0.15, 0.2) is 0 Å². The first-order valence-corrected chi connectivity index (χ1v) is 8.36. The summed E-state index contributed by atoms with van der Waals surface area (Å²) in [5.74, 6) is 0.951. The van der Waals surface area contributed by atoms with Crippen molar-refractivity contribution in [2.24, 2.45) is 0 Å². The van der Waals surface area contributed by atoms with Gasteiger partial charge in [-0.2, -0.15) is 0 Å². The lowest BCUT2D eigenvalue weighted by atomic mass is 10.2. The summed E-state index contributed by atoms with van der Waals surface area (Å²) in [6.45, 7) is 4.98. The maximum absolute atomic E-state index is 11.9. The van der Waals surface area contributed by atoms with Crippen LogP contribution in [0, 0.1) is 6.92 Å². The number of rotatable bonds is 5. The Balaban J connectivity index is 1.51. The zero-order valence-electron chi connectivity index (χ0n) is 13.1. The molecule has 7 heteroatoms. The first kappa shape index (κ1) is 15.5. The Morgan fingerprint density at radius 1 is 1.39 bits per heavy atom. The summed E-state index contributed by atoms with van der Waals surface area (Å²) in [5.41, 5.74) is 3.05. The van der Waals surface area contributed by atoms with Crippen LogP contribution in [0.3, 0.4) is 0 Å². The highest BCUT2D eigenvalue weighted by atomic mass is 32.1. The summed E-state index contributed by atoms with van der Waals surface area (Å²) in [5, 5.41) is 8.65. The van der Waals surface area contributed by atoms with E-state index < -0.39 is 0 Å². The summed E-state index contributed by atoms with van der Waals surface area (Å²) in [4.78, 5) is 23.9. The quantitative estimate of drug-likeness (QED) is 0.673. The summed E-state index contributed by atoms with van der Waals surface area (Å²) in [7, 11) is 0. The van der Waals surface area contributed by atoms with E-state index in [1.165, 1.54) is 0 Å². The largest absolute Gasteiger partial charge is 0.340 e. The van der Waals surface area contributed by atoms with Crippen LogP contribution in [0.15, 0.2) is 29.8 Å².